The maximum atomic E-state index is 12.8. The molecule has 0 fully saturated rings. The summed E-state index contributed by atoms with van der Waals surface area (Å²) in [7, 11) is 0. The molecular formula is C20H20N2OS. The number of hydrogen-bond donors (Lipinski definition) is 0. The second kappa shape index (κ2) is 7.88. The second-order valence-corrected chi connectivity index (χ2v) is 6.48. The van der Waals surface area contributed by atoms with Gasteiger partial charge in [-0.15, -0.1) is 0 Å². The highest BCUT2D eigenvalue weighted by Crippen LogP contribution is 2.16. The fourth-order valence-corrected chi connectivity index (χ4v) is 3.21. The first kappa shape index (κ1) is 16.4. The number of carbonyl (C=O) groups excluding carboxylic acids is 1. The molecule has 1 aromatic carbocycles. The molecule has 3 rings (SSSR count). The fraction of sp³-hybridized carbons (Fsp3) is 0.200. The van der Waals surface area contributed by atoms with E-state index in [0.29, 0.717) is 13.1 Å². The summed E-state index contributed by atoms with van der Waals surface area (Å²) in [6.45, 7) is 3.29. The topological polar surface area (TPSA) is 33.2 Å². The molecule has 3 aromatic rings. The summed E-state index contributed by atoms with van der Waals surface area (Å²) >= 11 is 1.54. The predicted molar refractivity (Wildman–Crippen MR) is 98.0 cm³/mol. The average molecular weight is 336 g/mol. The van der Waals surface area contributed by atoms with E-state index in [-0.39, 0.29) is 5.91 Å². The summed E-state index contributed by atoms with van der Waals surface area (Å²) < 4.78 is 0. The summed E-state index contributed by atoms with van der Waals surface area (Å²) in [5.74, 6) is 0.0553. The monoisotopic (exact) mass is 336 g/mol. The third-order valence-electron chi connectivity index (χ3n) is 3.96. The number of aromatic nitrogens is 1. The zero-order valence-corrected chi connectivity index (χ0v) is 14.5. The lowest BCUT2D eigenvalue weighted by atomic mass is 10.1. The Morgan fingerprint density at radius 1 is 1.04 bits per heavy atom. The van der Waals surface area contributed by atoms with E-state index in [1.165, 1.54) is 5.56 Å². The lowest BCUT2D eigenvalue weighted by Crippen LogP contribution is -2.29. The highest BCUT2D eigenvalue weighted by Gasteiger charge is 2.17. The van der Waals surface area contributed by atoms with Crippen LogP contribution in [0.1, 0.15) is 34.0 Å². The van der Waals surface area contributed by atoms with Crippen LogP contribution in [0.25, 0.3) is 0 Å². The van der Waals surface area contributed by atoms with E-state index >= 15 is 0 Å². The van der Waals surface area contributed by atoms with Crippen LogP contribution in [0.5, 0.6) is 0 Å². The van der Waals surface area contributed by atoms with Crippen molar-refractivity contribution in [1.82, 2.24) is 9.88 Å². The Kier molecular flexibility index (Phi) is 5.39. The van der Waals surface area contributed by atoms with Crippen LogP contribution < -0.4 is 0 Å². The van der Waals surface area contributed by atoms with Gasteiger partial charge in [-0.3, -0.25) is 9.78 Å². The Balaban J connectivity index is 1.81. The van der Waals surface area contributed by atoms with Gasteiger partial charge in [0, 0.05) is 30.9 Å². The molecule has 0 bridgehead atoms. The molecule has 0 saturated carbocycles. The van der Waals surface area contributed by atoms with Crippen LogP contribution in [-0.4, -0.2) is 15.8 Å². The van der Waals surface area contributed by atoms with Gasteiger partial charge in [-0.1, -0.05) is 37.3 Å². The Bertz CT molecular complexity index is 767. The van der Waals surface area contributed by atoms with Crippen LogP contribution in [0.3, 0.4) is 0 Å². The third-order valence-corrected chi connectivity index (χ3v) is 4.64. The molecule has 2 heterocycles. The first-order chi connectivity index (χ1) is 11.8. The Morgan fingerprint density at radius 3 is 2.42 bits per heavy atom. The van der Waals surface area contributed by atoms with Crippen LogP contribution in [-0.2, 0) is 19.5 Å². The maximum Gasteiger partial charge on any atom is 0.255 e. The molecule has 3 nitrogen and oxygen atoms in total. The van der Waals surface area contributed by atoms with Gasteiger partial charge in [0.05, 0.1) is 5.56 Å². The van der Waals surface area contributed by atoms with E-state index in [1.807, 2.05) is 40.1 Å². The lowest BCUT2D eigenvalue weighted by molar-refractivity contribution is 0.0730. The molecule has 0 spiro atoms. The number of benzene rings is 1. The van der Waals surface area contributed by atoms with E-state index in [4.69, 9.17) is 0 Å². The largest absolute Gasteiger partial charge is 0.330 e. The summed E-state index contributed by atoms with van der Waals surface area (Å²) in [6, 6.07) is 14.3. The minimum atomic E-state index is 0.0553. The van der Waals surface area contributed by atoms with E-state index in [9.17, 15) is 4.79 Å². The number of pyridine rings is 1. The zero-order chi connectivity index (χ0) is 16.8. The molecule has 0 atom stereocenters. The first-order valence-corrected chi connectivity index (χ1v) is 8.98. The minimum absolute atomic E-state index is 0.0553. The zero-order valence-electron chi connectivity index (χ0n) is 13.7. The molecule has 2 aromatic heterocycles. The molecular weight excluding hydrogens is 316 g/mol. The van der Waals surface area contributed by atoms with Gasteiger partial charge in [-0.05, 0) is 40.6 Å². The number of aryl methyl sites for hydroxylation is 1. The molecule has 1 amide bonds. The van der Waals surface area contributed by atoms with Gasteiger partial charge in [-0.25, -0.2) is 0 Å². The van der Waals surface area contributed by atoms with Crippen molar-refractivity contribution in [2.45, 2.75) is 26.4 Å². The Morgan fingerprint density at radius 2 is 1.79 bits per heavy atom. The van der Waals surface area contributed by atoms with Gasteiger partial charge >= 0.3 is 0 Å². The number of hydrogen-bond acceptors (Lipinski definition) is 3. The van der Waals surface area contributed by atoms with Crippen molar-refractivity contribution in [3.8, 4) is 0 Å². The van der Waals surface area contributed by atoms with Gasteiger partial charge < -0.3 is 4.90 Å². The number of rotatable bonds is 6. The smallest absolute Gasteiger partial charge is 0.255 e. The van der Waals surface area contributed by atoms with Gasteiger partial charge in [0.2, 0.25) is 0 Å². The van der Waals surface area contributed by atoms with Crippen molar-refractivity contribution < 1.29 is 4.79 Å². The molecule has 0 aliphatic rings. The number of amides is 1. The standard InChI is InChI=1S/C20H20N2OS/c1-2-16-5-7-17(8-6-16)13-22(14-18-4-3-10-21-12-18)20(23)19-9-11-24-15-19/h3-12,15H,2,13-14H2,1H3. The minimum Gasteiger partial charge on any atom is -0.330 e. The third kappa shape index (κ3) is 4.09. The summed E-state index contributed by atoms with van der Waals surface area (Å²) in [5.41, 5.74) is 4.22. The van der Waals surface area contributed by atoms with Crippen molar-refractivity contribution in [2.24, 2.45) is 0 Å². The fourth-order valence-electron chi connectivity index (χ4n) is 2.58. The van der Waals surface area contributed by atoms with Crippen LogP contribution in [0.2, 0.25) is 0 Å². The van der Waals surface area contributed by atoms with Crippen molar-refractivity contribution in [3.63, 3.8) is 0 Å². The molecule has 0 radical (unpaired) electrons. The number of carbonyl (C=O) groups is 1. The van der Waals surface area contributed by atoms with Crippen LogP contribution in [0.4, 0.5) is 0 Å². The molecule has 0 N–H and O–H groups in total. The maximum absolute atomic E-state index is 12.8. The van der Waals surface area contributed by atoms with Crippen LogP contribution in [0.15, 0.2) is 65.6 Å². The molecule has 0 unspecified atom stereocenters. The summed E-state index contributed by atoms with van der Waals surface area (Å²) in [6.07, 6.45) is 4.58. The number of thiophene rings is 1. The van der Waals surface area contributed by atoms with Crippen LogP contribution in [0, 0.1) is 0 Å². The SMILES string of the molecule is CCc1ccc(CN(Cc2cccnc2)C(=O)c2ccsc2)cc1. The van der Waals surface area contributed by atoms with Crippen molar-refractivity contribution in [3.05, 3.63) is 87.9 Å². The molecule has 122 valence electrons. The van der Waals surface area contributed by atoms with E-state index < -0.39 is 0 Å². The van der Waals surface area contributed by atoms with Gasteiger partial charge in [0.25, 0.3) is 5.91 Å². The summed E-state index contributed by atoms with van der Waals surface area (Å²) in [4.78, 5) is 18.9. The van der Waals surface area contributed by atoms with Gasteiger partial charge in [-0.2, -0.15) is 11.3 Å². The highest BCUT2D eigenvalue weighted by atomic mass is 32.1. The molecule has 0 saturated heterocycles. The van der Waals surface area contributed by atoms with Crippen LogP contribution >= 0.6 is 11.3 Å². The number of nitrogens with zero attached hydrogens (tertiary/aromatic N) is 2. The first-order valence-electron chi connectivity index (χ1n) is 8.04. The Hall–Kier alpha value is -2.46. The van der Waals surface area contributed by atoms with Gasteiger partial charge in [0.1, 0.15) is 0 Å². The van der Waals surface area contributed by atoms with E-state index in [1.54, 1.807) is 17.5 Å². The Labute approximate surface area is 146 Å². The molecule has 4 heteroatoms. The predicted octanol–water partition coefficient (Wildman–Crippen LogP) is 4.55. The lowest BCUT2D eigenvalue weighted by Gasteiger charge is -2.22. The normalized spacial score (nSPS) is 10.5. The summed E-state index contributed by atoms with van der Waals surface area (Å²) in [5, 5.41) is 3.84. The van der Waals surface area contributed by atoms with Gasteiger partial charge in [0.15, 0.2) is 0 Å². The van der Waals surface area contributed by atoms with E-state index in [2.05, 4.69) is 36.2 Å². The van der Waals surface area contributed by atoms with Crippen molar-refractivity contribution in [1.29, 1.82) is 0 Å². The quantitative estimate of drug-likeness (QED) is 0.662. The van der Waals surface area contributed by atoms with Crippen molar-refractivity contribution >= 4 is 17.2 Å². The van der Waals surface area contributed by atoms with E-state index in [0.717, 1.165) is 23.1 Å². The molecule has 0 aliphatic heterocycles. The molecule has 24 heavy (non-hydrogen) atoms. The highest BCUT2D eigenvalue weighted by molar-refractivity contribution is 7.08. The molecule has 0 aliphatic carbocycles. The average Bonchev–Trinajstić information content (AvgIpc) is 3.17. The van der Waals surface area contributed by atoms with Crippen molar-refractivity contribution in [2.75, 3.05) is 0 Å². The second-order valence-electron chi connectivity index (χ2n) is 5.70.